The minimum Gasteiger partial charge on any atom is -0.480 e. The molecule has 3 aromatic rings. The van der Waals surface area contributed by atoms with Crippen LogP contribution in [0.5, 0.6) is 0 Å². The first-order chi connectivity index (χ1) is 10.2. The van der Waals surface area contributed by atoms with Gasteiger partial charge >= 0.3 is 5.97 Å². The lowest BCUT2D eigenvalue weighted by Crippen LogP contribution is -2.31. The van der Waals surface area contributed by atoms with Gasteiger partial charge < -0.3 is 15.0 Å². The number of aliphatic carboxylic acids is 1. The quantitative estimate of drug-likeness (QED) is 0.752. The van der Waals surface area contributed by atoms with Gasteiger partial charge in [0.2, 0.25) is 0 Å². The van der Waals surface area contributed by atoms with Crippen LogP contribution in [0.2, 0.25) is 0 Å². The monoisotopic (exact) mass is 284 g/mol. The van der Waals surface area contributed by atoms with Crippen molar-refractivity contribution in [1.82, 2.24) is 15.0 Å². The number of carboxylic acids is 1. The Kier molecular flexibility index (Phi) is 3.43. The molecule has 6 heteroatoms. The molecule has 0 spiro atoms. The highest BCUT2D eigenvalue weighted by atomic mass is 16.4. The molecule has 0 bridgehead atoms. The molecule has 0 aliphatic carbocycles. The minimum atomic E-state index is -0.866. The van der Waals surface area contributed by atoms with E-state index in [9.17, 15) is 4.79 Å². The molecule has 21 heavy (non-hydrogen) atoms. The molecule has 108 valence electrons. The van der Waals surface area contributed by atoms with Crippen LogP contribution in [-0.2, 0) is 4.79 Å². The van der Waals surface area contributed by atoms with Crippen molar-refractivity contribution >= 4 is 33.7 Å². The summed E-state index contributed by atoms with van der Waals surface area (Å²) in [5, 5.41) is 11.0. The molecule has 0 aliphatic heterocycles. The summed E-state index contributed by atoms with van der Waals surface area (Å²) in [4.78, 5) is 24.7. The Balaban J connectivity index is 2.22. The number of hydrogen-bond donors (Lipinski definition) is 2. The largest absolute Gasteiger partial charge is 0.480 e. The minimum absolute atomic E-state index is 0.0700. The Hall–Kier alpha value is -2.63. The van der Waals surface area contributed by atoms with Crippen LogP contribution in [0.1, 0.15) is 13.3 Å². The summed E-state index contributed by atoms with van der Waals surface area (Å²) in [6.07, 6.45) is 2.32. The number of hydrogen-bond acceptors (Lipinski definition) is 4. The first-order valence-electron chi connectivity index (χ1n) is 6.89. The highest BCUT2D eigenvalue weighted by Crippen LogP contribution is 2.30. The lowest BCUT2D eigenvalue weighted by molar-refractivity contribution is -0.135. The van der Waals surface area contributed by atoms with Crippen LogP contribution in [0.3, 0.4) is 0 Å². The SMILES string of the molecule is CCCN(CC(=O)O)c1ncnc2[nH]c3ccccc3c12. The van der Waals surface area contributed by atoms with E-state index in [0.29, 0.717) is 12.4 Å². The molecule has 0 radical (unpaired) electrons. The van der Waals surface area contributed by atoms with Gasteiger partial charge in [-0.15, -0.1) is 0 Å². The van der Waals surface area contributed by atoms with E-state index < -0.39 is 5.97 Å². The van der Waals surface area contributed by atoms with Gasteiger partial charge in [0.1, 0.15) is 24.3 Å². The molecule has 0 fully saturated rings. The van der Waals surface area contributed by atoms with Crippen LogP contribution in [0.4, 0.5) is 5.82 Å². The number of nitrogens with zero attached hydrogens (tertiary/aromatic N) is 3. The molecular weight excluding hydrogens is 268 g/mol. The van der Waals surface area contributed by atoms with Gasteiger partial charge in [-0.25, -0.2) is 9.97 Å². The predicted molar refractivity (Wildman–Crippen MR) is 81.5 cm³/mol. The van der Waals surface area contributed by atoms with Crippen molar-refractivity contribution in [1.29, 1.82) is 0 Å². The Morgan fingerprint density at radius 3 is 2.90 bits per heavy atom. The van der Waals surface area contributed by atoms with Crippen molar-refractivity contribution in [2.75, 3.05) is 18.0 Å². The molecule has 0 amide bonds. The molecule has 2 heterocycles. The highest BCUT2D eigenvalue weighted by Gasteiger charge is 2.17. The Morgan fingerprint density at radius 2 is 2.14 bits per heavy atom. The molecular formula is C15H16N4O2. The summed E-state index contributed by atoms with van der Waals surface area (Å²) in [6.45, 7) is 2.58. The molecule has 2 N–H and O–H groups in total. The number of H-pyrrole nitrogens is 1. The third-order valence-corrected chi connectivity index (χ3v) is 3.40. The lowest BCUT2D eigenvalue weighted by Gasteiger charge is -2.21. The van der Waals surface area contributed by atoms with E-state index in [1.54, 1.807) is 4.90 Å². The van der Waals surface area contributed by atoms with Gasteiger partial charge in [0.05, 0.1) is 5.39 Å². The number of nitrogens with one attached hydrogen (secondary N) is 1. The molecule has 0 saturated carbocycles. The zero-order valence-electron chi connectivity index (χ0n) is 11.7. The van der Waals surface area contributed by atoms with Crippen molar-refractivity contribution in [3.8, 4) is 0 Å². The second kappa shape index (κ2) is 5.40. The van der Waals surface area contributed by atoms with Gasteiger partial charge in [-0.2, -0.15) is 0 Å². The van der Waals surface area contributed by atoms with Crippen LogP contribution >= 0.6 is 0 Å². The average Bonchev–Trinajstić information content (AvgIpc) is 2.85. The third-order valence-electron chi connectivity index (χ3n) is 3.40. The number of aromatic amines is 1. The zero-order valence-corrected chi connectivity index (χ0v) is 11.7. The van der Waals surface area contributed by atoms with E-state index in [0.717, 1.165) is 28.4 Å². The number of anilines is 1. The molecule has 0 aliphatic rings. The first-order valence-corrected chi connectivity index (χ1v) is 6.89. The zero-order chi connectivity index (χ0) is 14.8. The number of fused-ring (bicyclic) bond motifs is 3. The molecule has 3 rings (SSSR count). The van der Waals surface area contributed by atoms with Crippen molar-refractivity contribution in [2.45, 2.75) is 13.3 Å². The van der Waals surface area contributed by atoms with Crippen molar-refractivity contribution in [3.05, 3.63) is 30.6 Å². The molecule has 0 atom stereocenters. The first kappa shape index (κ1) is 13.4. The van der Waals surface area contributed by atoms with Crippen LogP contribution < -0.4 is 4.90 Å². The number of rotatable bonds is 5. The van der Waals surface area contributed by atoms with Crippen LogP contribution in [0.25, 0.3) is 21.9 Å². The second-order valence-corrected chi connectivity index (χ2v) is 4.91. The maximum Gasteiger partial charge on any atom is 0.323 e. The second-order valence-electron chi connectivity index (χ2n) is 4.91. The fraction of sp³-hybridized carbons (Fsp3) is 0.267. The van der Waals surface area contributed by atoms with E-state index in [4.69, 9.17) is 5.11 Å². The fourth-order valence-corrected chi connectivity index (χ4v) is 2.59. The van der Waals surface area contributed by atoms with E-state index in [2.05, 4.69) is 15.0 Å². The summed E-state index contributed by atoms with van der Waals surface area (Å²) < 4.78 is 0. The maximum absolute atomic E-state index is 11.1. The van der Waals surface area contributed by atoms with E-state index in [-0.39, 0.29) is 6.54 Å². The van der Waals surface area contributed by atoms with Crippen molar-refractivity contribution in [2.24, 2.45) is 0 Å². The van der Waals surface area contributed by atoms with Crippen LogP contribution in [0, 0.1) is 0 Å². The molecule has 2 aromatic heterocycles. The molecule has 0 saturated heterocycles. The third kappa shape index (κ3) is 2.40. The van der Waals surface area contributed by atoms with Gasteiger partial charge in [0.25, 0.3) is 0 Å². The fourth-order valence-electron chi connectivity index (χ4n) is 2.59. The van der Waals surface area contributed by atoms with Gasteiger partial charge in [-0.3, -0.25) is 4.79 Å². The number of carboxylic acid groups (broad SMARTS) is 1. The van der Waals surface area contributed by atoms with Crippen molar-refractivity contribution in [3.63, 3.8) is 0 Å². The van der Waals surface area contributed by atoms with Crippen LogP contribution in [0.15, 0.2) is 30.6 Å². The van der Waals surface area contributed by atoms with Gasteiger partial charge in [-0.1, -0.05) is 25.1 Å². The summed E-state index contributed by atoms with van der Waals surface area (Å²) >= 11 is 0. The lowest BCUT2D eigenvalue weighted by atomic mass is 10.2. The van der Waals surface area contributed by atoms with E-state index >= 15 is 0 Å². The highest BCUT2D eigenvalue weighted by molar-refractivity contribution is 6.11. The Bertz CT molecular complexity index is 797. The number of para-hydroxylation sites is 1. The van der Waals surface area contributed by atoms with Gasteiger partial charge in [0, 0.05) is 17.4 Å². The summed E-state index contributed by atoms with van der Waals surface area (Å²) in [6, 6.07) is 7.87. The topological polar surface area (TPSA) is 82.1 Å². The smallest absolute Gasteiger partial charge is 0.323 e. The maximum atomic E-state index is 11.1. The van der Waals surface area contributed by atoms with Crippen LogP contribution in [-0.4, -0.2) is 39.1 Å². The van der Waals surface area contributed by atoms with Gasteiger partial charge in [-0.05, 0) is 12.5 Å². The number of benzene rings is 1. The molecule has 0 unspecified atom stereocenters. The normalized spacial score (nSPS) is 11.1. The van der Waals surface area contributed by atoms with E-state index in [1.807, 2.05) is 31.2 Å². The standard InChI is InChI=1S/C15H16N4O2/c1-2-7-19(8-12(20)21)15-13-10-5-3-4-6-11(10)18-14(13)16-9-17-15/h3-6,9H,2,7-8H2,1H3,(H,20,21)(H,16,17,18). The summed E-state index contributed by atoms with van der Waals surface area (Å²) in [5.41, 5.74) is 1.70. The van der Waals surface area contributed by atoms with E-state index in [1.165, 1.54) is 6.33 Å². The molecule has 6 nitrogen and oxygen atoms in total. The summed E-state index contributed by atoms with van der Waals surface area (Å²) in [7, 11) is 0. The Morgan fingerprint density at radius 1 is 1.33 bits per heavy atom. The Labute approximate surface area is 121 Å². The number of aromatic nitrogens is 3. The predicted octanol–water partition coefficient (Wildman–Crippen LogP) is 2.41. The average molecular weight is 284 g/mol. The number of carbonyl (C=O) groups is 1. The molecule has 1 aromatic carbocycles. The van der Waals surface area contributed by atoms with Gasteiger partial charge in [0.15, 0.2) is 0 Å². The summed E-state index contributed by atoms with van der Waals surface area (Å²) in [5.74, 6) is -0.197. The van der Waals surface area contributed by atoms with Crippen molar-refractivity contribution < 1.29 is 9.90 Å².